The van der Waals surface area contributed by atoms with Gasteiger partial charge in [0, 0.05) is 6.07 Å². The molecule has 3 rings (SSSR count). The zero-order chi connectivity index (χ0) is 13.5. The van der Waals surface area contributed by atoms with Crippen LogP contribution in [0.3, 0.4) is 0 Å². The summed E-state index contributed by atoms with van der Waals surface area (Å²) < 4.78 is 10.5. The van der Waals surface area contributed by atoms with Gasteiger partial charge in [0.25, 0.3) is 0 Å². The van der Waals surface area contributed by atoms with E-state index >= 15 is 0 Å². The van der Waals surface area contributed by atoms with Crippen LogP contribution in [0.15, 0.2) is 23.2 Å². The van der Waals surface area contributed by atoms with Crippen LogP contribution in [-0.2, 0) is 0 Å². The summed E-state index contributed by atoms with van der Waals surface area (Å²) in [6.07, 6.45) is 3.79. The summed E-state index contributed by atoms with van der Waals surface area (Å²) in [5.74, 6) is 1.91. The van der Waals surface area contributed by atoms with Crippen molar-refractivity contribution < 1.29 is 9.47 Å². The van der Waals surface area contributed by atoms with Gasteiger partial charge in [-0.1, -0.05) is 0 Å². The van der Waals surface area contributed by atoms with Crippen LogP contribution >= 0.6 is 24.0 Å². The second-order valence-electron chi connectivity index (χ2n) is 5.29. The Balaban J connectivity index is 0.00000147. The van der Waals surface area contributed by atoms with Crippen LogP contribution in [0.25, 0.3) is 0 Å². The second kappa shape index (κ2) is 5.67. The highest BCUT2D eigenvalue weighted by molar-refractivity contribution is 14.0. The number of anilines is 1. The van der Waals surface area contributed by atoms with E-state index in [1.54, 1.807) is 14.2 Å². The summed E-state index contributed by atoms with van der Waals surface area (Å²) in [6.45, 7) is 0. The number of aliphatic imine (C=N–C) groups is 1. The van der Waals surface area contributed by atoms with Crippen molar-refractivity contribution in [2.45, 2.75) is 25.3 Å². The third-order valence-corrected chi connectivity index (χ3v) is 4.00. The van der Waals surface area contributed by atoms with Gasteiger partial charge in [0.2, 0.25) is 0 Å². The first kappa shape index (κ1) is 15.2. The normalized spacial score (nSPS) is 21.9. The van der Waals surface area contributed by atoms with E-state index in [-0.39, 0.29) is 24.0 Å². The van der Waals surface area contributed by atoms with Crippen molar-refractivity contribution in [1.82, 2.24) is 0 Å². The molecular weight excluding hydrogens is 369 g/mol. The number of benzene rings is 1. The van der Waals surface area contributed by atoms with Gasteiger partial charge in [-0.2, -0.15) is 0 Å². The molecule has 2 fully saturated rings. The molecule has 0 bridgehead atoms. The van der Waals surface area contributed by atoms with Gasteiger partial charge in [0.1, 0.15) is 11.5 Å². The van der Waals surface area contributed by atoms with E-state index in [0.717, 1.165) is 17.2 Å². The number of methoxy groups -OCH3 is 2. The van der Waals surface area contributed by atoms with E-state index in [2.05, 4.69) is 10.3 Å². The summed E-state index contributed by atoms with van der Waals surface area (Å²) in [5, 5.41) is 3.10. The summed E-state index contributed by atoms with van der Waals surface area (Å²) in [4.78, 5) is 4.52. The number of ether oxygens (including phenoxy) is 2. The number of hydrogen-bond acceptors (Lipinski definition) is 3. The predicted octanol–water partition coefficient (Wildman–Crippen LogP) is 2.60. The number of nitrogens with two attached hydrogens (primary N) is 1. The van der Waals surface area contributed by atoms with Gasteiger partial charge in [-0.3, -0.25) is 0 Å². The number of nitrogens with one attached hydrogen (secondary N) is 1. The smallest absolute Gasteiger partial charge is 0.193 e. The van der Waals surface area contributed by atoms with E-state index in [9.17, 15) is 0 Å². The first-order valence-corrected chi connectivity index (χ1v) is 6.49. The summed E-state index contributed by atoms with van der Waals surface area (Å²) in [7, 11) is 3.25. The number of guanidine groups is 1. The first-order valence-electron chi connectivity index (χ1n) is 6.49. The molecule has 1 atom stereocenters. The number of halogens is 1. The minimum absolute atomic E-state index is 0. The lowest BCUT2D eigenvalue weighted by atomic mass is 10.2. The fourth-order valence-electron chi connectivity index (χ4n) is 2.46. The molecule has 1 aromatic rings. The Morgan fingerprint density at radius 1 is 1.35 bits per heavy atom. The largest absolute Gasteiger partial charge is 0.497 e. The van der Waals surface area contributed by atoms with Crippen LogP contribution in [0.5, 0.6) is 11.5 Å². The van der Waals surface area contributed by atoms with Gasteiger partial charge in [-0.25, -0.2) is 4.99 Å². The molecule has 2 aliphatic rings. The Labute approximate surface area is 135 Å². The molecule has 1 unspecified atom stereocenters. The van der Waals surface area contributed by atoms with Crippen LogP contribution in [0.2, 0.25) is 0 Å². The Morgan fingerprint density at radius 3 is 2.65 bits per heavy atom. The molecule has 0 aromatic heterocycles. The van der Waals surface area contributed by atoms with Crippen molar-refractivity contribution in [3.8, 4) is 11.5 Å². The molecule has 5 nitrogen and oxygen atoms in total. The Kier molecular flexibility index (Phi) is 4.31. The van der Waals surface area contributed by atoms with E-state index in [1.807, 2.05) is 18.2 Å². The monoisotopic (exact) mass is 389 g/mol. The quantitative estimate of drug-likeness (QED) is 0.472. The molecule has 6 heteroatoms. The van der Waals surface area contributed by atoms with Crippen molar-refractivity contribution in [1.29, 1.82) is 0 Å². The predicted molar refractivity (Wildman–Crippen MR) is 90.3 cm³/mol. The average Bonchev–Trinajstić information content (AvgIpc) is 3.31. The van der Waals surface area contributed by atoms with Gasteiger partial charge in [-0.05, 0) is 36.8 Å². The van der Waals surface area contributed by atoms with Crippen molar-refractivity contribution in [2.75, 3.05) is 19.5 Å². The fourth-order valence-corrected chi connectivity index (χ4v) is 2.46. The second-order valence-corrected chi connectivity index (χ2v) is 5.29. The van der Waals surface area contributed by atoms with E-state index < -0.39 is 0 Å². The molecule has 3 N–H and O–H groups in total. The maximum atomic E-state index is 5.95. The van der Waals surface area contributed by atoms with Crippen LogP contribution in [0.4, 0.5) is 5.69 Å². The minimum Gasteiger partial charge on any atom is -0.497 e. The van der Waals surface area contributed by atoms with E-state index in [1.165, 1.54) is 19.3 Å². The highest BCUT2D eigenvalue weighted by atomic mass is 127. The van der Waals surface area contributed by atoms with Crippen LogP contribution < -0.4 is 20.5 Å². The third-order valence-electron chi connectivity index (χ3n) is 4.00. The molecular formula is C14H20IN3O2. The maximum Gasteiger partial charge on any atom is 0.193 e. The van der Waals surface area contributed by atoms with Crippen molar-refractivity contribution in [3.05, 3.63) is 18.2 Å². The lowest BCUT2D eigenvalue weighted by Crippen LogP contribution is -2.23. The molecule has 0 saturated heterocycles. The highest BCUT2D eigenvalue weighted by Gasteiger charge is 2.63. The highest BCUT2D eigenvalue weighted by Crippen LogP contribution is 2.67. The topological polar surface area (TPSA) is 68.9 Å². The van der Waals surface area contributed by atoms with Crippen LogP contribution in [0.1, 0.15) is 19.3 Å². The SMILES string of the molecule is COc1ccc(OC)c(NC(N)=NC2CC23CC3)c1.I. The molecule has 0 heterocycles. The Morgan fingerprint density at radius 2 is 2.10 bits per heavy atom. The molecule has 2 saturated carbocycles. The third kappa shape index (κ3) is 2.94. The standard InChI is InChI=1S/C14H19N3O2.HI/c1-18-9-3-4-11(19-2)10(7-9)16-13(15)17-12-8-14(12)5-6-14;/h3-4,7,12H,5-6,8H2,1-2H3,(H3,15,16,17);1H. The molecule has 110 valence electrons. The maximum absolute atomic E-state index is 5.95. The van der Waals surface area contributed by atoms with E-state index in [4.69, 9.17) is 15.2 Å². The van der Waals surface area contributed by atoms with E-state index in [0.29, 0.717) is 17.4 Å². The van der Waals surface area contributed by atoms with Crippen LogP contribution in [-0.4, -0.2) is 26.2 Å². The first-order chi connectivity index (χ1) is 9.16. The number of rotatable bonds is 4. The summed E-state index contributed by atoms with van der Waals surface area (Å²) in [5.41, 5.74) is 7.24. The molecule has 0 amide bonds. The zero-order valence-corrected chi connectivity index (χ0v) is 14.0. The van der Waals surface area contributed by atoms with Gasteiger partial charge in [0.05, 0.1) is 25.9 Å². The number of hydrogen-bond donors (Lipinski definition) is 2. The Bertz CT molecular complexity index is 529. The molecule has 1 spiro atoms. The summed E-state index contributed by atoms with van der Waals surface area (Å²) in [6, 6.07) is 5.95. The van der Waals surface area contributed by atoms with Crippen LogP contribution in [0, 0.1) is 5.41 Å². The molecule has 0 radical (unpaired) electrons. The van der Waals surface area contributed by atoms with Crippen molar-refractivity contribution >= 4 is 35.6 Å². The molecule has 20 heavy (non-hydrogen) atoms. The molecule has 1 aromatic carbocycles. The molecule has 0 aliphatic heterocycles. The van der Waals surface area contributed by atoms with Gasteiger partial charge >= 0.3 is 0 Å². The average molecular weight is 389 g/mol. The lowest BCUT2D eigenvalue weighted by molar-refractivity contribution is 0.405. The van der Waals surface area contributed by atoms with Gasteiger partial charge in [-0.15, -0.1) is 24.0 Å². The fraction of sp³-hybridized carbons (Fsp3) is 0.500. The summed E-state index contributed by atoms with van der Waals surface area (Å²) >= 11 is 0. The van der Waals surface area contributed by atoms with Crippen molar-refractivity contribution in [2.24, 2.45) is 16.1 Å². The van der Waals surface area contributed by atoms with Gasteiger partial charge in [0.15, 0.2) is 5.96 Å². The Hall–Kier alpha value is -1.18. The van der Waals surface area contributed by atoms with Crippen molar-refractivity contribution in [3.63, 3.8) is 0 Å². The zero-order valence-electron chi connectivity index (χ0n) is 11.7. The minimum atomic E-state index is 0. The number of nitrogens with zero attached hydrogens (tertiary/aromatic N) is 1. The molecule has 2 aliphatic carbocycles. The van der Waals surface area contributed by atoms with Gasteiger partial charge < -0.3 is 20.5 Å². The lowest BCUT2D eigenvalue weighted by Gasteiger charge is -2.12.